The van der Waals surface area contributed by atoms with Crippen molar-refractivity contribution >= 4 is 51.8 Å². The summed E-state index contributed by atoms with van der Waals surface area (Å²) < 4.78 is 19.8. The molecule has 1 saturated heterocycles. The molecule has 3 fully saturated rings. The number of rotatable bonds is 12. The van der Waals surface area contributed by atoms with Gasteiger partial charge in [0, 0.05) is 40.3 Å². The largest absolute Gasteiger partial charge is 0.467 e. The minimum Gasteiger partial charge on any atom is -0.467 e. The van der Waals surface area contributed by atoms with Crippen molar-refractivity contribution in [3.63, 3.8) is 0 Å². The molecule has 1 aliphatic heterocycles. The van der Waals surface area contributed by atoms with E-state index in [9.17, 15) is 24.3 Å². The maximum Gasteiger partial charge on any atom is 0.407 e. The summed E-state index contributed by atoms with van der Waals surface area (Å²) in [5.74, 6) is -1.72. The van der Waals surface area contributed by atoms with Crippen LogP contribution in [0.3, 0.4) is 0 Å². The molecule has 11 nitrogen and oxygen atoms in total. The van der Waals surface area contributed by atoms with Crippen LogP contribution in [0.2, 0.25) is 0 Å². The van der Waals surface area contributed by atoms with Crippen molar-refractivity contribution in [1.82, 2.24) is 15.5 Å². The van der Waals surface area contributed by atoms with E-state index in [1.807, 2.05) is 36.4 Å². The van der Waals surface area contributed by atoms with Crippen LogP contribution in [0, 0.1) is 5.92 Å². The molecule has 1 aromatic carbocycles. The van der Waals surface area contributed by atoms with Crippen LogP contribution in [-0.2, 0) is 23.9 Å². The molecular weight excluding hydrogens is 654 g/mol. The van der Waals surface area contributed by atoms with Gasteiger partial charge in [-0.2, -0.15) is 0 Å². The maximum atomic E-state index is 13.2. The van der Waals surface area contributed by atoms with E-state index in [0.717, 1.165) is 72.8 Å². The minimum atomic E-state index is -1.15. The number of likely N-dealkylation sites (tertiary alicyclic amines) is 1. The van der Waals surface area contributed by atoms with Gasteiger partial charge < -0.3 is 34.7 Å². The molecular formula is C31H44BrN3O8S. The van der Waals surface area contributed by atoms with Crippen LogP contribution in [0.1, 0.15) is 71.1 Å². The average Bonchev–Trinajstić information content (AvgIpc) is 3.30. The highest BCUT2D eigenvalue weighted by molar-refractivity contribution is 9.10. The van der Waals surface area contributed by atoms with E-state index in [1.165, 1.54) is 12.0 Å². The molecule has 0 radical (unpaired) electrons. The molecule has 244 valence electrons. The first-order valence-corrected chi connectivity index (χ1v) is 16.8. The number of ether oxygens (including phenoxy) is 2. The second-order valence-electron chi connectivity index (χ2n) is 11.3. The molecule has 2 saturated carbocycles. The Bertz CT molecular complexity index is 1150. The summed E-state index contributed by atoms with van der Waals surface area (Å²) >= 11 is 4.04. The standard InChI is InChI=1S/C25H39N3O7.C6H5BrOS/c1-3-4-5-6-7-10-17-14-25(17,23(32)34-2)27-22(31)20-13-18(29)16-28(20)21(30)15-26-24(33)35-19-11-8-9-12-19;7-5-1-3-6(9-8)4-2-5/h7,10,17-20,29H,3-6,8-9,11-16H2,1-2H3,(H,26,33)(H,27,31);1-4,8H/b10-7-;/t17?,18?,20?,25-;/m1./s1. The molecule has 1 aromatic rings. The number of β-amino-alcohol motifs (C(OH)–C–C–N with tert-alkyl or cyclic N) is 1. The number of allylic oxidation sites excluding steroid dienone is 1. The van der Waals surface area contributed by atoms with Crippen molar-refractivity contribution in [2.24, 2.45) is 5.92 Å². The molecule has 1 heterocycles. The average molecular weight is 699 g/mol. The van der Waals surface area contributed by atoms with Gasteiger partial charge in [-0.3, -0.25) is 9.59 Å². The highest BCUT2D eigenvalue weighted by Crippen LogP contribution is 2.46. The van der Waals surface area contributed by atoms with Crippen LogP contribution < -0.4 is 10.6 Å². The zero-order valence-corrected chi connectivity index (χ0v) is 27.7. The fraction of sp³-hybridized carbons (Fsp3) is 0.613. The van der Waals surface area contributed by atoms with Crippen molar-refractivity contribution in [3.8, 4) is 0 Å². The van der Waals surface area contributed by atoms with E-state index < -0.39 is 41.6 Å². The molecule has 0 aromatic heterocycles. The topological polar surface area (TPSA) is 154 Å². The Hall–Kier alpha value is -2.61. The smallest absolute Gasteiger partial charge is 0.407 e. The summed E-state index contributed by atoms with van der Waals surface area (Å²) in [7, 11) is 1.28. The minimum absolute atomic E-state index is 0.0255. The number of esters is 1. The van der Waals surface area contributed by atoms with Gasteiger partial charge in [-0.05, 0) is 69.2 Å². The maximum absolute atomic E-state index is 13.2. The molecule has 3 amide bonds. The summed E-state index contributed by atoms with van der Waals surface area (Å²) in [6, 6.07) is 6.52. The van der Waals surface area contributed by atoms with Crippen molar-refractivity contribution < 1.29 is 38.3 Å². The fourth-order valence-corrected chi connectivity index (χ4v) is 6.01. The first kappa shape index (κ1) is 35.9. The van der Waals surface area contributed by atoms with Gasteiger partial charge in [-0.15, -0.1) is 0 Å². The Kier molecular flexibility index (Phi) is 14.5. The number of unbranched alkanes of at least 4 members (excludes halogenated alkanes) is 3. The molecule has 2 aliphatic carbocycles. The monoisotopic (exact) mass is 697 g/mol. The Morgan fingerprint density at radius 2 is 1.86 bits per heavy atom. The third-order valence-electron chi connectivity index (χ3n) is 8.03. The van der Waals surface area contributed by atoms with Gasteiger partial charge in [0.25, 0.3) is 0 Å². The van der Waals surface area contributed by atoms with E-state index in [1.54, 1.807) is 0 Å². The van der Waals surface area contributed by atoms with Crippen molar-refractivity contribution in [2.45, 2.75) is 99.8 Å². The molecule has 4 N–H and O–H groups in total. The number of carbonyl (C=O) groups excluding carboxylic acids is 4. The number of aliphatic hydroxyl groups excluding tert-OH is 1. The van der Waals surface area contributed by atoms with E-state index >= 15 is 0 Å². The molecule has 3 aliphatic rings. The quantitative estimate of drug-likeness (QED) is 0.104. The Labute approximate surface area is 271 Å². The van der Waals surface area contributed by atoms with Gasteiger partial charge in [-0.1, -0.05) is 47.8 Å². The molecule has 4 rings (SSSR count). The molecule has 0 bridgehead atoms. The van der Waals surface area contributed by atoms with Gasteiger partial charge in [-0.25, -0.2) is 9.59 Å². The predicted molar refractivity (Wildman–Crippen MR) is 170 cm³/mol. The number of nitrogens with one attached hydrogen (secondary N) is 2. The third kappa shape index (κ3) is 10.5. The number of nitrogens with zero attached hydrogens (tertiary/aromatic N) is 1. The lowest BCUT2D eigenvalue weighted by Crippen LogP contribution is -2.54. The predicted octanol–water partition coefficient (Wildman–Crippen LogP) is 4.82. The summed E-state index contributed by atoms with van der Waals surface area (Å²) in [4.78, 5) is 52.6. The number of benzene rings is 1. The normalized spacial score (nSPS) is 24.4. The SMILES string of the molecule is CCCCC/C=C\C1C[C@]1(NC(=O)C1CC(O)CN1C(=O)CNC(=O)OC1CCCC1)C(=O)OC.OSc1ccc(Br)cc1. The van der Waals surface area contributed by atoms with Gasteiger partial charge in [0.1, 0.15) is 24.2 Å². The number of methoxy groups -OCH3 is 1. The summed E-state index contributed by atoms with van der Waals surface area (Å²) in [6.07, 6.45) is 10.7. The number of hydrogen-bond donors (Lipinski definition) is 4. The Morgan fingerprint density at radius 3 is 2.50 bits per heavy atom. The fourth-order valence-electron chi connectivity index (χ4n) is 5.49. The zero-order chi connectivity index (χ0) is 32.1. The second-order valence-corrected chi connectivity index (χ2v) is 12.9. The van der Waals surface area contributed by atoms with E-state index in [-0.39, 0.29) is 31.5 Å². The summed E-state index contributed by atoms with van der Waals surface area (Å²) in [6.45, 7) is 1.77. The van der Waals surface area contributed by atoms with Gasteiger partial charge in [0.2, 0.25) is 11.8 Å². The highest BCUT2D eigenvalue weighted by atomic mass is 79.9. The van der Waals surface area contributed by atoms with E-state index in [4.69, 9.17) is 14.0 Å². The number of aliphatic hydroxyl groups is 1. The van der Waals surface area contributed by atoms with Crippen LogP contribution >= 0.6 is 28.0 Å². The van der Waals surface area contributed by atoms with Crippen LogP contribution in [0.15, 0.2) is 45.8 Å². The Morgan fingerprint density at radius 1 is 1.16 bits per heavy atom. The number of carbonyl (C=O) groups is 4. The summed E-state index contributed by atoms with van der Waals surface area (Å²) in [5, 5.41) is 15.4. The first-order chi connectivity index (χ1) is 21.1. The third-order valence-corrected chi connectivity index (χ3v) is 9.05. The van der Waals surface area contributed by atoms with Crippen molar-refractivity contribution in [1.29, 1.82) is 0 Å². The number of amides is 3. The summed E-state index contributed by atoms with van der Waals surface area (Å²) in [5.41, 5.74) is -1.15. The lowest BCUT2D eigenvalue weighted by Gasteiger charge is -2.26. The van der Waals surface area contributed by atoms with Crippen LogP contribution in [0.4, 0.5) is 4.79 Å². The van der Waals surface area contributed by atoms with Crippen LogP contribution in [0.5, 0.6) is 0 Å². The van der Waals surface area contributed by atoms with Crippen molar-refractivity contribution in [3.05, 3.63) is 40.9 Å². The Balaban J connectivity index is 0.000000502. The molecule has 4 atom stereocenters. The first-order valence-electron chi connectivity index (χ1n) is 15.2. The highest BCUT2D eigenvalue weighted by Gasteiger charge is 2.62. The second kappa shape index (κ2) is 17.8. The number of alkyl carbamates (subject to hydrolysis) is 1. The lowest BCUT2D eigenvalue weighted by atomic mass is 10.1. The number of hydrogen-bond acceptors (Lipinski definition) is 9. The lowest BCUT2D eigenvalue weighted by molar-refractivity contribution is -0.148. The molecule has 44 heavy (non-hydrogen) atoms. The molecule has 13 heteroatoms. The van der Waals surface area contributed by atoms with E-state index in [0.29, 0.717) is 6.42 Å². The van der Waals surface area contributed by atoms with Crippen LogP contribution in [0.25, 0.3) is 0 Å². The zero-order valence-electron chi connectivity index (χ0n) is 25.3. The van der Waals surface area contributed by atoms with Crippen LogP contribution in [-0.4, -0.2) is 82.4 Å². The van der Waals surface area contributed by atoms with E-state index in [2.05, 4.69) is 33.5 Å². The van der Waals surface area contributed by atoms with Gasteiger partial charge in [0.15, 0.2) is 0 Å². The van der Waals surface area contributed by atoms with Gasteiger partial charge in [0.05, 0.1) is 13.2 Å². The van der Waals surface area contributed by atoms with Gasteiger partial charge >= 0.3 is 12.1 Å². The van der Waals surface area contributed by atoms with Crippen molar-refractivity contribution in [2.75, 3.05) is 20.2 Å². The molecule has 3 unspecified atom stereocenters. The number of halogens is 1. The molecule has 0 spiro atoms.